The summed E-state index contributed by atoms with van der Waals surface area (Å²) in [5.41, 5.74) is 0. The van der Waals surface area contributed by atoms with Crippen LogP contribution in [0.1, 0.15) is 52.4 Å². The average Bonchev–Trinajstić information content (AvgIpc) is 2.15. The Morgan fingerprint density at radius 3 is 2.29 bits per heavy atom. The Morgan fingerprint density at radius 1 is 1.24 bits per heavy atom. The summed E-state index contributed by atoms with van der Waals surface area (Å²) in [5.74, 6) is 0.135. The largest absolute Gasteiger partial charge is 0.748 e. The van der Waals surface area contributed by atoms with Crippen LogP contribution in [0.3, 0.4) is 0 Å². The van der Waals surface area contributed by atoms with Crippen molar-refractivity contribution < 1.29 is 17.7 Å². The van der Waals surface area contributed by atoms with Crippen molar-refractivity contribution >= 4 is 10.1 Å². The Morgan fingerprint density at radius 2 is 1.82 bits per heavy atom. The lowest BCUT2D eigenvalue weighted by atomic mass is 9.85. The molecule has 0 spiro atoms. The molecule has 1 aliphatic rings. The van der Waals surface area contributed by atoms with Crippen LogP contribution >= 0.6 is 0 Å². The summed E-state index contributed by atoms with van der Waals surface area (Å²) in [6, 6.07) is 0. The maximum absolute atomic E-state index is 10.8. The molecular formula is C12H23O4S-. The van der Waals surface area contributed by atoms with Crippen LogP contribution < -0.4 is 0 Å². The van der Waals surface area contributed by atoms with Crippen molar-refractivity contribution in [2.75, 3.05) is 5.75 Å². The van der Waals surface area contributed by atoms with Gasteiger partial charge in [-0.1, -0.05) is 32.1 Å². The Kier molecular flexibility index (Phi) is 5.89. The molecule has 1 unspecified atom stereocenters. The van der Waals surface area contributed by atoms with E-state index < -0.39 is 16.2 Å². The Hall–Kier alpha value is -0.130. The molecule has 17 heavy (non-hydrogen) atoms. The number of hydrogen-bond acceptors (Lipinski definition) is 4. The monoisotopic (exact) mass is 263 g/mol. The van der Waals surface area contributed by atoms with Gasteiger partial charge in [-0.15, -0.1) is 0 Å². The van der Waals surface area contributed by atoms with Crippen LogP contribution in [-0.2, 0) is 14.9 Å². The maximum atomic E-state index is 10.8. The van der Waals surface area contributed by atoms with Crippen molar-refractivity contribution in [3.8, 4) is 0 Å². The van der Waals surface area contributed by atoms with Gasteiger partial charge >= 0.3 is 0 Å². The highest BCUT2D eigenvalue weighted by atomic mass is 32.2. The van der Waals surface area contributed by atoms with Crippen molar-refractivity contribution in [2.24, 2.45) is 5.92 Å². The first-order chi connectivity index (χ1) is 7.87. The van der Waals surface area contributed by atoms with Gasteiger partial charge < -0.3 is 9.29 Å². The van der Waals surface area contributed by atoms with E-state index in [4.69, 9.17) is 4.74 Å². The molecule has 1 saturated carbocycles. The van der Waals surface area contributed by atoms with E-state index in [9.17, 15) is 13.0 Å². The van der Waals surface area contributed by atoms with Crippen molar-refractivity contribution in [1.82, 2.24) is 0 Å². The van der Waals surface area contributed by atoms with E-state index in [1.807, 2.05) is 13.8 Å². The third-order valence-electron chi connectivity index (χ3n) is 3.18. The standard InChI is InChI=1S/C12H24O4S/c1-10(2)16-12(9-17(13,14)15)8-11-6-4-3-5-7-11/h10-12H,3-9H2,1-2H3,(H,13,14,15)/p-1. The predicted octanol–water partition coefficient (Wildman–Crippen LogP) is 2.30. The molecule has 0 radical (unpaired) electrons. The van der Waals surface area contributed by atoms with Crippen molar-refractivity contribution in [3.63, 3.8) is 0 Å². The third-order valence-corrected chi connectivity index (χ3v) is 3.96. The van der Waals surface area contributed by atoms with Gasteiger partial charge in [0, 0.05) is 0 Å². The molecule has 1 aliphatic carbocycles. The second-order valence-corrected chi connectivity index (χ2v) is 6.72. The predicted molar refractivity (Wildman–Crippen MR) is 65.8 cm³/mol. The molecule has 0 aromatic rings. The van der Waals surface area contributed by atoms with Crippen LogP contribution in [0, 0.1) is 5.92 Å². The zero-order valence-corrected chi connectivity index (χ0v) is 11.5. The lowest BCUT2D eigenvalue weighted by Gasteiger charge is -2.28. The zero-order chi connectivity index (χ0) is 12.9. The summed E-state index contributed by atoms with van der Waals surface area (Å²) < 4.78 is 38.0. The molecule has 1 atom stereocenters. The molecule has 4 nitrogen and oxygen atoms in total. The van der Waals surface area contributed by atoms with Gasteiger partial charge in [-0.25, -0.2) is 8.42 Å². The first-order valence-electron chi connectivity index (χ1n) is 6.46. The SMILES string of the molecule is CC(C)OC(CC1CCCCC1)CS(=O)(=O)[O-]. The molecular weight excluding hydrogens is 240 g/mol. The highest BCUT2D eigenvalue weighted by molar-refractivity contribution is 7.85. The zero-order valence-electron chi connectivity index (χ0n) is 10.7. The third kappa shape index (κ3) is 7.01. The second kappa shape index (κ2) is 6.71. The fraction of sp³-hybridized carbons (Fsp3) is 1.00. The molecule has 0 aliphatic heterocycles. The van der Waals surface area contributed by atoms with Gasteiger partial charge in [0.1, 0.15) is 0 Å². The molecule has 0 amide bonds. The lowest BCUT2D eigenvalue weighted by molar-refractivity contribution is 0.00369. The molecule has 1 rings (SSSR count). The minimum Gasteiger partial charge on any atom is -0.748 e. The molecule has 0 heterocycles. The summed E-state index contributed by atoms with van der Waals surface area (Å²) in [6.07, 6.45) is 6.21. The lowest BCUT2D eigenvalue weighted by Crippen LogP contribution is -2.29. The van der Waals surface area contributed by atoms with Crippen LogP contribution in [0.15, 0.2) is 0 Å². The van der Waals surface area contributed by atoms with Crippen LogP contribution in [0.5, 0.6) is 0 Å². The smallest absolute Gasteiger partial charge is 0.0971 e. The van der Waals surface area contributed by atoms with Gasteiger partial charge in [-0.05, 0) is 26.2 Å². The van der Waals surface area contributed by atoms with Crippen molar-refractivity contribution in [2.45, 2.75) is 64.6 Å². The molecule has 0 N–H and O–H groups in total. The van der Waals surface area contributed by atoms with Crippen LogP contribution in [0.25, 0.3) is 0 Å². The van der Waals surface area contributed by atoms with Crippen LogP contribution in [0.2, 0.25) is 0 Å². The molecule has 0 aromatic carbocycles. The number of ether oxygens (including phenoxy) is 1. The molecule has 0 aromatic heterocycles. The van der Waals surface area contributed by atoms with Gasteiger partial charge in [-0.2, -0.15) is 0 Å². The Bertz CT molecular complexity index is 304. The van der Waals surface area contributed by atoms with E-state index in [-0.39, 0.29) is 11.9 Å². The number of hydrogen-bond donors (Lipinski definition) is 0. The molecule has 0 bridgehead atoms. The van der Waals surface area contributed by atoms with E-state index in [2.05, 4.69) is 0 Å². The summed E-state index contributed by atoms with van der Waals surface area (Å²) in [4.78, 5) is 0. The molecule has 0 saturated heterocycles. The summed E-state index contributed by atoms with van der Waals surface area (Å²) in [7, 11) is -4.19. The number of rotatable bonds is 6. The quantitative estimate of drug-likeness (QED) is 0.690. The Balaban J connectivity index is 2.49. The van der Waals surface area contributed by atoms with Gasteiger partial charge in [0.25, 0.3) is 0 Å². The Labute approximate surface area is 104 Å². The highest BCUT2D eigenvalue weighted by Crippen LogP contribution is 2.28. The van der Waals surface area contributed by atoms with E-state index in [1.165, 1.54) is 19.3 Å². The maximum Gasteiger partial charge on any atom is 0.0971 e. The summed E-state index contributed by atoms with van der Waals surface area (Å²) >= 11 is 0. The normalized spacial score (nSPS) is 20.7. The van der Waals surface area contributed by atoms with Crippen molar-refractivity contribution in [3.05, 3.63) is 0 Å². The minimum atomic E-state index is -4.19. The summed E-state index contributed by atoms with van der Waals surface area (Å²) in [6.45, 7) is 3.73. The van der Waals surface area contributed by atoms with E-state index in [1.54, 1.807) is 0 Å². The minimum absolute atomic E-state index is 0.0367. The average molecular weight is 263 g/mol. The molecule has 1 fully saturated rings. The van der Waals surface area contributed by atoms with Crippen LogP contribution in [0.4, 0.5) is 0 Å². The van der Waals surface area contributed by atoms with Gasteiger partial charge in [0.2, 0.25) is 0 Å². The topological polar surface area (TPSA) is 66.4 Å². The van der Waals surface area contributed by atoms with Crippen molar-refractivity contribution in [1.29, 1.82) is 0 Å². The summed E-state index contributed by atoms with van der Waals surface area (Å²) in [5, 5.41) is 0. The molecule has 102 valence electrons. The van der Waals surface area contributed by atoms with E-state index in [0.717, 1.165) is 12.8 Å². The fourth-order valence-corrected chi connectivity index (χ4v) is 3.24. The van der Waals surface area contributed by atoms with Gasteiger partial charge in [-0.3, -0.25) is 0 Å². The first-order valence-corrected chi connectivity index (χ1v) is 8.03. The van der Waals surface area contributed by atoms with Crippen LogP contribution in [-0.4, -0.2) is 30.9 Å². The highest BCUT2D eigenvalue weighted by Gasteiger charge is 2.22. The van der Waals surface area contributed by atoms with E-state index in [0.29, 0.717) is 12.3 Å². The van der Waals surface area contributed by atoms with E-state index >= 15 is 0 Å². The van der Waals surface area contributed by atoms with Gasteiger partial charge in [0.15, 0.2) is 0 Å². The second-order valence-electron chi connectivity index (χ2n) is 5.27. The fourth-order valence-electron chi connectivity index (χ4n) is 2.57. The van der Waals surface area contributed by atoms with Gasteiger partial charge in [0.05, 0.1) is 28.1 Å². The first kappa shape index (κ1) is 14.9. The molecule has 5 heteroatoms.